The Balaban J connectivity index is 1.73. The van der Waals surface area contributed by atoms with Crippen LogP contribution in [0.3, 0.4) is 0 Å². The van der Waals surface area contributed by atoms with Crippen molar-refractivity contribution in [3.8, 4) is 11.5 Å². The minimum absolute atomic E-state index is 0.127. The van der Waals surface area contributed by atoms with Crippen molar-refractivity contribution < 1.29 is 19.4 Å². The lowest BCUT2D eigenvalue weighted by Crippen LogP contribution is -2.21. The molecule has 22 heavy (non-hydrogen) atoms. The molecular formula is C16H13N2O4-. The number of hydrogen-bond acceptors (Lipinski definition) is 6. The van der Waals surface area contributed by atoms with Crippen molar-refractivity contribution in [2.24, 2.45) is 5.10 Å². The van der Waals surface area contributed by atoms with Crippen LogP contribution in [0.25, 0.3) is 0 Å². The molecule has 0 amide bonds. The van der Waals surface area contributed by atoms with Crippen LogP contribution in [0.15, 0.2) is 47.6 Å². The molecule has 6 heteroatoms. The normalized spacial score (nSPS) is 13.0. The third kappa shape index (κ3) is 2.85. The van der Waals surface area contributed by atoms with E-state index in [2.05, 4.69) is 10.5 Å². The van der Waals surface area contributed by atoms with Gasteiger partial charge in [-0.05, 0) is 42.8 Å². The first-order valence-corrected chi connectivity index (χ1v) is 6.65. The van der Waals surface area contributed by atoms with Gasteiger partial charge in [-0.2, -0.15) is 5.10 Å². The Hall–Kier alpha value is -3.02. The molecule has 0 saturated carbocycles. The molecule has 1 N–H and O–H groups in total. The van der Waals surface area contributed by atoms with Crippen LogP contribution in [-0.2, 0) is 0 Å². The van der Waals surface area contributed by atoms with Crippen molar-refractivity contribution in [1.82, 2.24) is 0 Å². The SMILES string of the molecule is C/C(=N/Nc1ccc(C(=O)[O-])cc1)c1ccc2c(c1)OCO2. The van der Waals surface area contributed by atoms with Gasteiger partial charge in [0.1, 0.15) is 0 Å². The average molecular weight is 297 g/mol. The van der Waals surface area contributed by atoms with Crippen LogP contribution in [0.2, 0.25) is 0 Å². The van der Waals surface area contributed by atoms with Crippen LogP contribution < -0.4 is 20.0 Å². The number of carboxylic acid groups (broad SMARTS) is 1. The van der Waals surface area contributed by atoms with E-state index in [0.717, 1.165) is 17.0 Å². The van der Waals surface area contributed by atoms with Crippen molar-refractivity contribution in [3.05, 3.63) is 53.6 Å². The molecular weight excluding hydrogens is 284 g/mol. The maximum Gasteiger partial charge on any atom is 0.231 e. The van der Waals surface area contributed by atoms with E-state index >= 15 is 0 Å². The van der Waals surface area contributed by atoms with Gasteiger partial charge in [-0.25, -0.2) is 0 Å². The first kappa shape index (κ1) is 13.9. The summed E-state index contributed by atoms with van der Waals surface area (Å²) in [5, 5.41) is 14.9. The first-order valence-electron chi connectivity index (χ1n) is 6.65. The summed E-state index contributed by atoms with van der Waals surface area (Å²) in [5.74, 6) is 0.222. The summed E-state index contributed by atoms with van der Waals surface area (Å²) in [6, 6.07) is 11.8. The third-order valence-corrected chi connectivity index (χ3v) is 3.26. The van der Waals surface area contributed by atoms with E-state index < -0.39 is 5.97 Å². The minimum atomic E-state index is -1.20. The van der Waals surface area contributed by atoms with Crippen LogP contribution >= 0.6 is 0 Å². The van der Waals surface area contributed by atoms with Crippen LogP contribution in [0.4, 0.5) is 5.69 Å². The number of aromatic carboxylic acids is 1. The van der Waals surface area contributed by atoms with E-state index in [1.165, 1.54) is 12.1 Å². The van der Waals surface area contributed by atoms with E-state index in [-0.39, 0.29) is 12.4 Å². The van der Waals surface area contributed by atoms with E-state index in [0.29, 0.717) is 11.4 Å². The highest BCUT2D eigenvalue weighted by atomic mass is 16.7. The fraction of sp³-hybridized carbons (Fsp3) is 0.125. The summed E-state index contributed by atoms with van der Waals surface area (Å²) in [5.41, 5.74) is 5.36. The zero-order chi connectivity index (χ0) is 15.5. The van der Waals surface area contributed by atoms with Crippen molar-refractivity contribution in [2.75, 3.05) is 12.2 Å². The fourth-order valence-corrected chi connectivity index (χ4v) is 2.02. The highest BCUT2D eigenvalue weighted by Gasteiger charge is 2.13. The van der Waals surface area contributed by atoms with E-state index in [1.807, 2.05) is 25.1 Å². The lowest BCUT2D eigenvalue weighted by atomic mass is 10.1. The highest BCUT2D eigenvalue weighted by molar-refractivity contribution is 5.99. The van der Waals surface area contributed by atoms with Gasteiger partial charge in [0, 0.05) is 5.56 Å². The number of hydrogen-bond donors (Lipinski definition) is 1. The second-order valence-electron chi connectivity index (χ2n) is 4.74. The molecule has 1 heterocycles. The van der Waals surface area contributed by atoms with E-state index in [4.69, 9.17) is 9.47 Å². The molecule has 0 aromatic heterocycles. The third-order valence-electron chi connectivity index (χ3n) is 3.26. The number of ether oxygens (including phenoxy) is 2. The summed E-state index contributed by atoms with van der Waals surface area (Å²) in [6.45, 7) is 2.10. The lowest BCUT2D eigenvalue weighted by Gasteiger charge is -2.06. The topological polar surface area (TPSA) is 83.0 Å². The van der Waals surface area contributed by atoms with Crippen LogP contribution in [0, 0.1) is 0 Å². The highest BCUT2D eigenvalue weighted by Crippen LogP contribution is 2.32. The maximum atomic E-state index is 10.7. The van der Waals surface area contributed by atoms with Gasteiger partial charge < -0.3 is 19.4 Å². The number of fused-ring (bicyclic) bond motifs is 1. The van der Waals surface area contributed by atoms with Crippen molar-refractivity contribution >= 4 is 17.4 Å². The van der Waals surface area contributed by atoms with Gasteiger partial charge in [0.05, 0.1) is 17.4 Å². The summed E-state index contributed by atoms with van der Waals surface area (Å²) in [4.78, 5) is 10.7. The molecule has 0 atom stereocenters. The average Bonchev–Trinajstić information content (AvgIpc) is 3.00. The maximum absolute atomic E-state index is 10.7. The lowest BCUT2D eigenvalue weighted by molar-refractivity contribution is -0.255. The Morgan fingerprint density at radius 1 is 1.09 bits per heavy atom. The van der Waals surface area contributed by atoms with Gasteiger partial charge in [0.2, 0.25) is 6.79 Å². The van der Waals surface area contributed by atoms with Gasteiger partial charge >= 0.3 is 0 Å². The Labute approximate surface area is 127 Å². The van der Waals surface area contributed by atoms with Gasteiger partial charge in [-0.3, -0.25) is 5.43 Å². The molecule has 1 aliphatic rings. The molecule has 0 fully saturated rings. The van der Waals surface area contributed by atoms with Crippen molar-refractivity contribution in [2.45, 2.75) is 6.92 Å². The number of hydrazone groups is 1. The van der Waals surface area contributed by atoms with Crippen molar-refractivity contribution in [3.63, 3.8) is 0 Å². The molecule has 0 bridgehead atoms. The van der Waals surface area contributed by atoms with E-state index in [1.54, 1.807) is 12.1 Å². The number of carbonyl (C=O) groups is 1. The monoisotopic (exact) mass is 297 g/mol. The molecule has 6 nitrogen and oxygen atoms in total. The molecule has 2 aromatic rings. The summed E-state index contributed by atoms with van der Waals surface area (Å²) in [6.07, 6.45) is 0. The summed E-state index contributed by atoms with van der Waals surface area (Å²) >= 11 is 0. The molecule has 3 rings (SSSR count). The Kier molecular flexibility index (Phi) is 3.65. The molecule has 1 aliphatic heterocycles. The molecule has 112 valence electrons. The number of rotatable bonds is 4. The zero-order valence-electron chi connectivity index (χ0n) is 11.8. The standard InChI is InChI=1S/C16H14N2O4/c1-10(12-4-7-14-15(8-12)22-9-21-14)17-18-13-5-2-11(3-6-13)16(19)20/h2-8,18H,9H2,1H3,(H,19,20)/p-1/b17-10-. The van der Waals surface area contributed by atoms with Gasteiger partial charge in [0.15, 0.2) is 11.5 Å². The fourth-order valence-electron chi connectivity index (χ4n) is 2.02. The Morgan fingerprint density at radius 2 is 1.77 bits per heavy atom. The zero-order valence-corrected chi connectivity index (χ0v) is 11.8. The molecule has 0 spiro atoms. The minimum Gasteiger partial charge on any atom is -0.545 e. The van der Waals surface area contributed by atoms with Crippen LogP contribution in [0.5, 0.6) is 11.5 Å². The van der Waals surface area contributed by atoms with Crippen LogP contribution in [-0.4, -0.2) is 18.5 Å². The second-order valence-corrected chi connectivity index (χ2v) is 4.74. The van der Waals surface area contributed by atoms with Gasteiger partial charge in [-0.1, -0.05) is 12.1 Å². The predicted octanol–water partition coefficient (Wildman–Crippen LogP) is 1.61. The quantitative estimate of drug-likeness (QED) is 0.685. The number of benzene rings is 2. The molecule has 0 saturated heterocycles. The smallest absolute Gasteiger partial charge is 0.231 e. The van der Waals surface area contributed by atoms with Gasteiger partial charge in [-0.15, -0.1) is 0 Å². The number of anilines is 1. The van der Waals surface area contributed by atoms with Crippen molar-refractivity contribution in [1.29, 1.82) is 0 Å². The molecule has 0 unspecified atom stereocenters. The summed E-state index contributed by atoms with van der Waals surface area (Å²) in [7, 11) is 0. The number of carbonyl (C=O) groups excluding carboxylic acids is 1. The Bertz CT molecular complexity index is 738. The van der Waals surface area contributed by atoms with E-state index in [9.17, 15) is 9.90 Å². The van der Waals surface area contributed by atoms with Gasteiger partial charge in [0.25, 0.3) is 0 Å². The first-order chi connectivity index (χ1) is 10.6. The molecule has 0 aliphatic carbocycles. The second kappa shape index (κ2) is 5.77. The largest absolute Gasteiger partial charge is 0.545 e. The number of nitrogens with one attached hydrogen (secondary N) is 1. The molecule has 2 aromatic carbocycles. The number of nitrogens with zero attached hydrogens (tertiary/aromatic N) is 1. The number of carboxylic acids is 1. The van der Waals surface area contributed by atoms with Crippen LogP contribution in [0.1, 0.15) is 22.8 Å². The molecule has 0 radical (unpaired) electrons. The summed E-state index contributed by atoms with van der Waals surface area (Å²) < 4.78 is 10.6. The Morgan fingerprint density at radius 3 is 2.50 bits per heavy atom. The predicted molar refractivity (Wildman–Crippen MR) is 79.2 cm³/mol.